The van der Waals surface area contributed by atoms with Crippen LogP contribution in [-0.2, 0) is 16.0 Å². The van der Waals surface area contributed by atoms with Gasteiger partial charge in [-0.2, -0.15) is 0 Å². The fraction of sp³-hybridized carbons (Fsp3) is 0.379. The quantitative estimate of drug-likeness (QED) is 0.416. The van der Waals surface area contributed by atoms with Crippen LogP contribution in [0.2, 0.25) is 0 Å². The van der Waals surface area contributed by atoms with Gasteiger partial charge in [-0.05, 0) is 60.2 Å². The number of carbonyl (C=O) groups is 2. The first kappa shape index (κ1) is 25.8. The van der Waals surface area contributed by atoms with Gasteiger partial charge in [0.1, 0.15) is 5.75 Å². The number of rotatable bonds is 7. The molecule has 0 spiro atoms. The predicted molar refractivity (Wildman–Crippen MR) is 149 cm³/mol. The van der Waals surface area contributed by atoms with Crippen LogP contribution >= 0.6 is 23.1 Å². The molecule has 0 aliphatic carbocycles. The second kappa shape index (κ2) is 11.7. The Balaban J connectivity index is 1.21. The van der Waals surface area contributed by atoms with Gasteiger partial charge in [0.05, 0.1) is 25.4 Å². The summed E-state index contributed by atoms with van der Waals surface area (Å²) in [6.45, 7) is 5.00. The average Bonchev–Trinajstić information content (AvgIpc) is 3.41. The molecule has 1 fully saturated rings. The third-order valence-corrected chi connectivity index (χ3v) is 9.23. The number of thioether (sulfide) groups is 1. The monoisotopic (exact) mass is 535 g/mol. The average molecular weight is 536 g/mol. The Morgan fingerprint density at radius 1 is 1.00 bits per heavy atom. The van der Waals surface area contributed by atoms with Crippen molar-refractivity contribution in [1.82, 2.24) is 14.7 Å². The lowest BCUT2D eigenvalue weighted by molar-refractivity contribution is -0.142. The van der Waals surface area contributed by atoms with Crippen molar-refractivity contribution < 1.29 is 14.3 Å². The molecule has 6 nitrogen and oxygen atoms in total. The second-order valence-electron chi connectivity index (χ2n) is 9.57. The molecule has 1 saturated heterocycles. The molecule has 0 saturated carbocycles. The van der Waals surface area contributed by atoms with E-state index in [1.807, 2.05) is 59.2 Å². The lowest BCUT2D eigenvalue weighted by Crippen LogP contribution is -2.57. The standard InChI is InChI=1S/C29H33N3O3S2/c1-21-18-30(15-16-32(21)28(34)20-37-24-6-4-3-5-7-24)27(33)19-31-14-12-26-25(13-17-36-26)29(31)22-8-10-23(35-2)11-9-22/h3-11,13,17,21,29H,12,14-16,18-20H2,1-2H3. The van der Waals surface area contributed by atoms with Crippen molar-refractivity contribution in [2.45, 2.75) is 30.3 Å². The van der Waals surface area contributed by atoms with Crippen LogP contribution in [0.5, 0.6) is 5.75 Å². The second-order valence-corrected chi connectivity index (χ2v) is 11.6. The molecule has 5 rings (SSSR count). The fourth-order valence-corrected chi connectivity index (χ4v) is 7.00. The van der Waals surface area contributed by atoms with E-state index >= 15 is 0 Å². The number of carbonyl (C=O) groups excluding carboxylic acids is 2. The van der Waals surface area contributed by atoms with Gasteiger partial charge in [0.2, 0.25) is 11.8 Å². The Labute approximate surface area is 227 Å². The highest BCUT2D eigenvalue weighted by Crippen LogP contribution is 2.38. The van der Waals surface area contributed by atoms with Crippen molar-refractivity contribution in [3.63, 3.8) is 0 Å². The number of hydrogen-bond acceptors (Lipinski definition) is 6. The lowest BCUT2D eigenvalue weighted by Gasteiger charge is -2.42. The van der Waals surface area contributed by atoms with E-state index in [0.717, 1.165) is 23.6 Å². The summed E-state index contributed by atoms with van der Waals surface area (Å²) in [7, 11) is 1.67. The van der Waals surface area contributed by atoms with Gasteiger partial charge in [-0.25, -0.2) is 0 Å². The van der Waals surface area contributed by atoms with Crippen molar-refractivity contribution in [3.05, 3.63) is 82.0 Å². The maximum Gasteiger partial charge on any atom is 0.236 e. The number of amides is 2. The number of nitrogens with zero attached hydrogens (tertiary/aromatic N) is 3. The highest BCUT2D eigenvalue weighted by atomic mass is 32.2. The Morgan fingerprint density at radius 3 is 2.51 bits per heavy atom. The third-order valence-electron chi connectivity index (χ3n) is 7.24. The van der Waals surface area contributed by atoms with E-state index in [1.54, 1.807) is 30.2 Å². The SMILES string of the molecule is COc1ccc(C2c3ccsc3CCN2CC(=O)N2CCN(C(=O)CSc3ccccc3)C(C)C2)cc1. The van der Waals surface area contributed by atoms with Gasteiger partial charge in [0, 0.05) is 42.0 Å². The summed E-state index contributed by atoms with van der Waals surface area (Å²) in [6, 6.07) is 20.5. The highest BCUT2D eigenvalue weighted by molar-refractivity contribution is 8.00. The topological polar surface area (TPSA) is 53.1 Å². The van der Waals surface area contributed by atoms with E-state index in [0.29, 0.717) is 31.9 Å². The number of hydrogen-bond donors (Lipinski definition) is 0. The molecule has 2 amide bonds. The summed E-state index contributed by atoms with van der Waals surface area (Å²) in [5, 5.41) is 2.15. The van der Waals surface area contributed by atoms with Crippen LogP contribution in [0.4, 0.5) is 0 Å². The van der Waals surface area contributed by atoms with Gasteiger partial charge in [-0.15, -0.1) is 23.1 Å². The van der Waals surface area contributed by atoms with Crippen LogP contribution in [0, 0.1) is 0 Å². The Bertz CT molecular complexity index is 1210. The first-order valence-electron chi connectivity index (χ1n) is 12.7. The smallest absolute Gasteiger partial charge is 0.236 e. The van der Waals surface area contributed by atoms with Crippen LogP contribution in [-0.4, -0.2) is 78.1 Å². The number of methoxy groups -OCH3 is 1. The Hall–Kier alpha value is -2.81. The van der Waals surface area contributed by atoms with Gasteiger partial charge < -0.3 is 14.5 Å². The van der Waals surface area contributed by atoms with Crippen LogP contribution < -0.4 is 4.74 Å². The zero-order valence-electron chi connectivity index (χ0n) is 21.3. The largest absolute Gasteiger partial charge is 0.497 e. The van der Waals surface area contributed by atoms with Crippen molar-refractivity contribution in [2.75, 3.05) is 45.6 Å². The first-order chi connectivity index (χ1) is 18.0. The van der Waals surface area contributed by atoms with E-state index in [-0.39, 0.29) is 23.9 Å². The molecule has 0 N–H and O–H groups in total. The summed E-state index contributed by atoms with van der Waals surface area (Å²) >= 11 is 3.36. The van der Waals surface area contributed by atoms with E-state index in [2.05, 4.69) is 28.5 Å². The van der Waals surface area contributed by atoms with Crippen LogP contribution in [0.1, 0.15) is 29.0 Å². The summed E-state index contributed by atoms with van der Waals surface area (Å²) < 4.78 is 5.35. The summed E-state index contributed by atoms with van der Waals surface area (Å²) in [5.41, 5.74) is 2.47. The molecular weight excluding hydrogens is 502 g/mol. The van der Waals surface area contributed by atoms with Crippen molar-refractivity contribution in [3.8, 4) is 5.75 Å². The van der Waals surface area contributed by atoms with Crippen molar-refractivity contribution in [2.24, 2.45) is 0 Å². The number of fused-ring (bicyclic) bond motifs is 1. The zero-order chi connectivity index (χ0) is 25.8. The highest BCUT2D eigenvalue weighted by Gasteiger charge is 2.34. The Morgan fingerprint density at radius 2 is 1.78 bits per heavy atom. The van der Waals surface area contributed by atoms with Gasteiger partial charge in [-0.1, -0.05) is 30.3 Å². The minimum Gasteiger partial charge on any atom is -0.497 e. The number of benzene rings is 2. The molecule has 37 heavy (non-hydrogen) atoms. The van der Waals surface area contributed by atoms with Gasteiger partial charge in [-0.3, -0.25) is 14.5 Å². The van der Waals surface area contributed by atoms with Crippen LogP contribution in [0.3, 0.4) is 0 Å². The minimum atomic E-state index is 0.00351. The minimum absolute atomic E-state index is 0.00351. The van der Waals surface area contributed by atoms with Crippen LogP contribution in [0.25, 0.3) is 0 Å². The molecule has 2 aromatic carbocycles. The molecule has 2 aliphatic rings. The van der Waals surface area contributed by atoms with Crippen molar-refractivity contribution >= 4 is 34.9 Å². The molecule has 8 heteroatoms. The van der Waals surface area contributed by atoms with Crippen molar-refractivity contribution in [1.29, 1.82) is 0 Å². The van der Waals surface area contributed by atoms with E-state index in [9.17, 15) is 9.59 Å². The molecule has 0 radical (unpaired) electrons. The zero-order valence-corrected chi connectivity index (χ0v) is 23.0. The Kier molecular flexibility index (Phi) is 8.17. The molecular formula is C29H33N3O3S2. The van der Waals surface area contributed by atoms with Gasteiger partial charge in [0.25, 0.3) is 0 Å². The molecule has 0 bridgehead atoms. The maximum absolute atomic E-state index is 13.5. The maximum atomic E-state index is 13.5. The predicted octanol–water partition coefficient (Wildman–Crippen LogP) is 4.56. The number of piperazine rings is 1. The van der Waals surface area contributed by atoms with E-state index in [1.165, 1.54) is 16.0 Å². The fourth-order valence-electron chi connectivity index (χ4n) is 5.29. The molecule has 194 valence electrons. The number of thiophene rings is 1. The lowest BCUT2D eigenvalue weighted by atomic mass is 9.93. The molecule has 2 atom stereocenters. The molecule has 2 aliphatic heterocycles. The first-order valence-corrected chi connectivity index (χ1v) is 14.6. The van der Waals surface area contributed by atoms with E-state index in [4.69, 9.17) is 4.74 Å². The van der Waals surface area contributed by atoms with Gasteiger partial charge in [0.15, 0.2) is 0 Å². The molecule has 3 aromatic rings. The van der Waals surface area contributed by atoms with Crippen LogP contribution in [0.15, 0.2) is 70.9 Å². The molecule has 2 unspecified atom stereocenters. The summed E-state index contributed by atoms with van der Waals surface area (Å²) in [6.07, 6.45) is 0.963. The number of ether oxygens (including phenoxy) is 1. The van der Waals surface area contributed by atoms with E-state index < -0.39 is 0 Å². The normalized spacial score (nSPS) is 19.9. The summed E-state index contributed by atoms with van der Waals surface area (Å²) in [5.74, 6) is 1.52. The third kappa shape index (κ3) is 5.87. The molecule has 3 heterocycles. The van der Waals surface area contributed by atoms with Gasteiger partial charge >= 0.3 is 0 Å². The molecule has 1 aromatic heterocycles. The summed E-state index contributed by atoms with van der Waals surface area (Å²) in [4.78, 5) is 35.1.